The van der Waals surface area contributed by atoms with Crippen LogP contribution in [0.4, 0.5) is 0 Å². The molecule has 4 heteroatoms. The Hall–Kier alpha value is -1.16. The lowest BCUT2D eigenvalue weighted by atomic mass is 9.80. The highest BCUT2D eigenvalue weighted by molar-refractivity contribution is 5.78. The average molecular weight is 332 g/mol. The van der Waals surface area contributed by atoms with Gasteiger partial charge >= 0.3 is 0 Å². The van der Waals surface area contributed by atoms with Crippen molar-refractivity contribution in [3.05, 3.63) is 18.0 Å². The first-order chi connectivity index (χ1) is 11.5. The molecule has 0 bridgehead atoms. The van der Waals surface area contributed by atoms with Gasteiger partial charge in [0.2, 0.25) is 0 Å². The van der Waals surface area contributed by atoms with Crippen LogP contribution in [0.1, 0.15) is 76.8 Å². The van der Waals surface area contributed by atoms with Gasteiger partial charge in [0.15, 0.2) is 0 Å². The molecule has 0 amide bonds. The zero-order chi connectivity index (χ0) is 17.1. The van der Waals surface area contributed by atoms with E-state index in [0.717, 1.165) is 18.8 Å². The predicted octanol–water partition coefficient (Wildman–Crippen LogP) is 4.04. The van der Waals surface area contributed by atoms with E-state index in [-0.39, 0.29) is 0 Å². The van der Waals surface area contributed by atoms with Gasteiger partial charge in [0.05, 0.1) is 12.2 Å². The summed E-state index contributed by atoms with van der Waals surface area (Å²) in [5.41, 5.74) is 1.35. The van der Waals surface area contributed by atoms with E-state index < -0.39 is 0 Å². The first-order valence-electron chi connectivity index (χ1n) is 9.79. The number of hydrogen-bond donors (Lipinski definition) is 0. The Labute approximate surface area is 146 Å². The van der Waals surface area contributed by atoms with Crippen LogP contribution in [0.25, 0.3) is 0 Å². The first kappa shape index (κ1) is 17.7. The maximum atomic E-state index is 11.5. The molecule has 24 heavy (non-hydrogen) atoms. The Morgan fingerprint density at radius 3 is 2.38 bits per heavy atom. The molecule has 0 atom stereocenters. The third-order valence-electron chi connectivity index (χ3n) is 6.16. The highest BCUT2D eigenvalue weighted by Crippen LogP contribution is 2.31. The number of rotatable bonds is 5. The summed E-state index contributed by atoms with van der Waals surface area (Å²) in [4.78, 5) is 14.1. The van der Waals surface area contributed by atoms with Gasteiger partial charge in [-0.15, -0.1) is 0 Å². The molecule has 2 heterocycles. The summed E-state index contributed by atoms with van der Waals surface area (Å²) in [7, 11) is 0. The molecule has 0 N–H and O–H groups in total. The summed E-state index contributed by atoms with van der Waals surface area (Å²) >= 11 is 0. The van der Waals surface area contributed by atoms with Crippen LogP contribution in [0.15, 0.2) is 12.4 Å². The lowest BCUT2D eigenvalue weighted by molar-refractivity contribution is -0.121. The van der Waals surface area contributed by atoms with Gasteiger partial charge in [0.1, 0.15) is 5.78 Å². The molecule has 3 rings (SSSR count). The molecule has 2 fully saturated rings. The van der Waals surface area contributed by atoms with Gasteiger partial charge in [0, 0.05) is 31.7 Å². The van der Waals surface area contributed by atoms with E-state index in [0.29, 0.717) is 23.7 Å². The molecular formula is C20H33N3O. The second kappa shape index (κ2) is 7.81. The molecule has 0 unspecified atom stereocenters. The van der Waals surface area contributed by atoms with E-state index in [1.807, 2.05) is 6.20 Å². The van der Waals surface area contributed by atoms with Crippen LogP contribution in [0, 0.1) is 11.8 Å². The smallest absolute Gasteiger partial charge is 0.132 e. The van der Waals surface area contributed by atoms with E-state index in [9.17, 15) is 4.79 Å². The van der Waals surface area contributed by atoms with E-state index in [1.54, 1.807) is 6.92 Å². The fourth-order valence-corrected chi connectivity index (χ4v) is 4.33. The van der Waals surface area contributed by atoms with Crippen molar-refractivity contribution in [3.63, 3.8) is 0 Å². The van der Waals surface area contributed by atoms with Gasteiger partial charge in [0.25, 0.3) is 0 Å². The molecule has 0 spiro atoms. The molecule has 1 saturated heterocycles. The highest BCUT2D eigenvalue weighted by Gasteiger charge is 2.27. The Balaban J connectivity index is 1.43. The van der Waals surface area contributed by atoms with Crippen molar-refractivity contribution in [1.29, 1.82) is 0 Å². The van der Waals surface area contributed by atoms with Crippen molar-refractivity contribution >= 4 is 5.78 Å². The molecule has 1 aliphatic heterocycles. The molecule has 134 valence electrons. The van der Waals surface area contributed by atoms with Crippen molar-refractivity contribution < 1.29 is 4.79 Å². The molecule has 4 nitrogen and oxygen atoms in total. The van der Waals surface area contributed by atoms with Crippen LogP contribution >= 0.6 is 0 Å². The predicted molar refractivity (Wildman–Crippen MR) is 97.2 cm³/mol. The molecule has 1 aliphatic carbocycles. The van der Waals surface area contributed by atoms with Gasteiger partial charge in [-0.2, -0.15) is 5.10 Å². The molecule has 1 aromatic heterocycles. The van der Waals surface area contributed by atoms with Crippen LogP contribution in [0.2, 0.25) is 0 Å². The Morgan fingerprint density at radius 1 is 1.17 bits per heavy atom. The molecular weight excluding hydrogens is 298 g/mol. The van der Waals surface area contributed by atoms with Crippen LogP contribution < -0.4 is 0 Å². The minimum Gasteiger partial charge on any atom is -0.303 e. The molecule has 1 saturated carbocycles. The number of ketones is 1. The second-order valence-electron chi connectivity index (χ2n) is 8.27. The third kappa shape index (κ3) is 4.27. The van der Waals surface area contributed by atoms with E-state index in [4.69, 9.17) is 0 Å². The second-order valence-corrected chi connectivity index (χ2v) is 8.27. The largest absolute Gasteiger partial charge is 0.303 e. The Bertz CT molecular complexity index is 535. The third-order valence-corrected chi connectivity index (χ3v) is 6.16. The molecule has 0 aromatic carbocycles. The van der Waals surface area contributed by atoms with Crippen LogP contribution in [-0.2, 0) is 4.79 Å². The number of carbonyl (C=O) groups is 1. The summed E-state index contributed by atoms with van der Waals surface area (Å²) < 4.78 is 2.20. The normalized spacial score (nSPS) is 26.8. The van der Waals surface area contributed by atoms with Crippen LogP contribution in [-0.4, -0.2) is 40.1 Å². The number of nitrogens with zero attached hydrogens (tertiary/aromatic N) is 3. The van der Waals surface area contributed by atoms with Crippen molar-refractivity contribution in [2.45, 2.75) is 71.3 Å². The lowest BCUT2D eigenvalue weighted by Crippen LogP contribution is -2.39. The fourth-order valence-electron chi connectivity index (χ4n) is 4.33. The monoisotopic (exact) mass is 331 g/mol. The Kier molecular flexibility index (Phi) is 5.75. The zero-order valence-electron chi connectivity index (χ0n) is 15.6. The lowest BCUT2D eigenvalue weighted by Gasteiger charge is -2.36. The highest BCUT2D eigenvalue weighted by atomic mass is 16.1. The van der Waals surface area contributed by atoms with Crippen molar-refractivity contribution in [1.82, 2.24) is 14.7 Å². The minimum absolute atomic E-state index is 0.349. The summed E-state index contributed by atoms with van der Waals surface area (Å²) in [5, 5.41) is 4.59. The number of Topliss-reactive ketones (excluding diaryl/α,β-unsaturated/α-hetero) is 1. The van der Waals surface area contributed by atoms with Gasteiger partial charge in [-0.1, -0.05) is 13.8 Å². The SMILES string of the molecule is CC(=O)[C@H]1CC[C@@H](CN2CCC(n3cc(C(C)C)cn3)CC2)CC1. The molecule has 0 radical (unpaired) electrons. The number of hydrogen-bond acceptors (Lipinski definition) is 3. The summed E-state index contributed by atoms with van der Waals surface area (Å²) in [5.74, 6) is 2.11. The first-order valence-corrected chi connectivity index (χ1v) is 9.79. The maximum Gasteiger partial charge on any atom is 0.132 e. The van der Waals surface area contributed by atoms with Gasteiger partial charge in [-0.25, -0.2) is 0 Å². The molecule has 1 aromatic rings. The number of piperidine rings is 1. The number of carbonyl (C=O) groups excluding carboxylic acids is 1. The summed E-state index contributed by atoms with van der Waals surface area (Å²) in [6.07, 6.45) is 11.4. The van der Waals surface area contributed by atoms with Crippen molar-refractivity contribution in [2.75, 3.05) is 19.6 Å². The topological polar surface area (TPSA) is 38.1 Å². The van der Waals surface area contributed by atoms with Crippen LogP contribution in [0.3, 0.4) is 0 Å². The molecule has 2 aliphatic rings. The van der Waals surface area contributed by atoms with Crippen molar-refractivity contribution in [2.24, 2.45) is 11.8 Å². The number of likely N-dealkylation sites (tertiary alicyclic amines) is 1. The van der Waals surface area contributed by atoms with Gasteiger partial charge in [-0.05, 0) is 62.8 Å². The van der Waals surface area contributed by atoms with E-state index in [1.165, 1.54) is 50.9 Å². The van der Waals surface area contributed by atoms with Gasteiger partial charge in [-0.3, -0.25) is 9.48 Å². The minimum atomic E-state index is 0.349. The summed E-state index contributed by atoms with van der Waals surface area (Å²) in [6.45, 7) is 9.82. The van der Waals surface area contributed by atoms with E-state index in [2.05, 4.69) is 34.7 Å². The fraction of sp³-hybridized carbons (Fsp3) is 0.800. The average Bonchev–Trinajstić information content (AvgIpc) is 3.06. The Morgan fingerprint density at radius 2 is 1.83 bits per heavy atom. The maximum absolute atomic E-state index is 11.5. The van der Waals surface area contributed by atoms with Crippen molar-refractivity contribution in [3.8, 4) is 0 Å². The quantitative estimate of drug-likeness (QED) is 0.817. The van der Waals surface area contributed by atoms with Crippen LogP contribution in [0.5, 0.6) is 0 Å². The van der Waals surface area contributed by atoms with Gasteiger partial charge < -0.3 is 4.90 Å². The summed E-state index contributed by atoms with van der Waals surface area (Å²) in [6, 6.07) is 0.571. The van der Waals surface area contributed by atoms with E-state index >= 15 is 0 Å². The number of aromatic nitrogens is 2. The standard InChI is InChI=1S/C20H33N3O/c1-15(2)19-12-21-23(14-19)20-8-10-22(11-9-20)13-17-4-6-18(7-5-17)16(3)24/h12,14-15,17-18,20H,4-11,13H2,1-3H3/t17-,18+. The zero-order valence-corrected chi connectivity index (χ0v) is 15.6.